The normalized spacial score (nSPS) is 14.0. The predicted octanol–water partition coefficient (Wildman–Crippen LogP) is 3.39. The number of alkyl halides is 2. The van der Waals surface area contributed by atoms with Gasteiger partial charge in [-0.2, -0.15) is 8.78 Å². The number of nitrogens with one attached hydrogen (secondary N) is 2. The molecule has 2 N–H and O–H groups in total. The van der Waals surface area contributed by atoms with Crippen molar-refractivity contribution >= 4 is 40.0 Å². The van der Waals surface area contributed by atoms with Crippen LogP contribution in [0.2, 0.25) is 0 Å². The first-order valence-electron chi connectivity index (χ1n) is 7.17. The lowest BCUT2D eigenvalue weighted by Gasteiger charge is -2.07. The largest absolute Gasteiger partial charge is 0.351 e. The number of halogens is 2. The van der Waals surface area contributed by atoms with Gasteiger partial charge < -0.3 is 5.32 Å². The number of nitrogens with zero attached hydrogens (tertiary/aromatic N) is 1. The Morgan fingerprint density at radius 3 is 2.96 bits per heavy atom. The predicted molar refractivity (Wildman–Crippen MR) is 89.0 cm³/mol. The molecule has 1 aliphatic heterocycles. The lowest BCUT2D eigenvalue weighted by Crippen LogP contribution is -2.21. The average molecular weight is 369 g/mol. The van der Waals surface area contributed by atoms with E-state index in [1.54, 1.807) is 12.1 Å². The fourth-order valence-corrected chi connectivity index (χ4v) is 3.87. The number of aryl methyl sites for hydroxylation is 1. The zero-order valence-electron chi connectivity index (χ0n) is 12.3. The molecule has 1 aliphatic rings. The van der Waals surface area contributed by atoms with E-state index in [0.717, 1.165) is 17.8 Å². The van der Waals surface area contributed by atoms with E-state index in [1.165, 1.54) is 12.1 Å². The number of hydrogen-bond acceptors (Lipinski definition) is 5. The summed E-state index contributed by atoms with van der Waals surface area (Å²) >= 11 is 1.41. The van der Waals surface area contributed by atoms with Crippen LogP contribution < -0.4 is 10.6 Å². The van der Waals surface area contributed by atoms with E-state index in [1.807, 2.05) is 0 Å². The molecule has 0 atom stereocenters. The Bertz CT molecular complexity index is 780. The summed E-state index contributed by atoms with van der Waals surface area (Å²) in [6.45, 7) is 0.599. The van der Waals surface area contributed by atoms with Crippen LogP contribution in [0.3, 0.4) is 0 Å². The molecule has 0 fully saturated rings. The Morgan fingerprint density at radius 1 is 1.38 bits per heavy atom. The van der Waals surface area contributed by atoms with Crippen molar-refractivity contribution in [3.05, 3.63) is 40.4 Å². The molecule has 0 spiro atoms. The first kappa shape index (κ1) is 16.8. The van der Waals surface area contributed by atoms with E-state index < -0.39 is 11.7 Å². The number of carbonyl (C=O) groups is 2. The van der Waals surface area contributed by atoms with Crippen LogP contribution in [0.5, 0.6) is 0 Å². The summed E-state index contributed by atoms with van der Waals surface area (Å²) in [6.07, 6.45) is 1.43. The zero-order chi connectivity index (χ0) is 17.1. The van der Waals surface area contributed by atoms with E-state index in [0.29, 0.717) is 40.4 Å². The molecule has 24 heavy (non-hydrogen) atoms. The van der Waals surface area contributed by atoms with Crippen LogP contribution in [0, 0.1) is 0 Å². The van der Waals surface area contributed by atoms with Crippen molar-refractivity contribution in [1.82, 2.24) is 10.3 Å². The molecule has 1 aromatic heterocycles. The number of hydrogen-bond donors (Lipinski definition) is 2. The summed E-state index contributed by atoms with van der Waals surface area (Å²) in [5, 5.41) is 5.65. The van der Waals surface area contributed by atoms with Gasteiger partial charge in [0.2, 0.25) is 0 Å². The minimum atomic E-state index is -2.61. The third-order valence-corrected chi connectivity index (χ3v) is 5.15. The fourth-order valence-electron chi connectivity index (χ4n) is 2.31. The number of amides is 2. The van der Waals surface area contributed by atoms with Gasteiger partial charge in [-0.1, -0.05) is 35.2 Å². The van der Waals surface area contributed by atoms with Crippen molar-refractivity contribution in [1.29, 1.82) is 0 Å². The van der Waals surface area contributed by atoms with E-state index in [2.05, 4.69) is 15.6 Å². The standard InChI is InChI=1S/C15H13F2N3O2S2/c16-14(17)23-10-6-2-1-4-8(10)12(21)20-15-19-9-5-3-7-18-13(22)11(9)24-15/h1-2,4,6,14H,3,5,7H2,(H,18,22)(H,19,20,21). The van der Waals surface area contributed by atoms with Crippen LogP contribution in [-0.2, 0) is 6.42 Å². The third-order valence-electron chi connectivity index (χ3n) is 3.35. The highest BCUT2D eigenvalue weighted by atomic mass is 32.2. The Balaban J connectivity index is 1.81. The summed E-state index contributed by atoms with van der Waals surface area (Å²) in [7, 11) is 0. The number of benzene rings is 1. The summed E-state index contributed by atoms with van der Waals surface area (Å²) in [5.74, 6) is -3.34. The number of rotatable bonds is 4. The monoisotopic (exact) mass is 369 g/mol. The van der Waals surface area contributed by atoms with Crippen LogP contribution in [0.25, 0.3) is 0 Å². The molecule has 9 heteroatoms. The van der Waals surface area contributed by atoms with Crippen molar-refractivity contribution in [2.45, 2.75) is 23.5 Å². The second kappa shape index (κ2) is 7.27. The fraction of sp³-hybridized carbons (Fsp3) is 0.267. The molecule has 0 saturated heterocycles. The molecule has 0 radical (unpaired) electrons. The minimum absolute atomic E-state index is 0.151. The van der Waals surface area contributed by atoms with Crippen molar-refractivity contribution in [3.63, 3.8) is 0 Å². The highest BCUT2D eigenvalue weighted by Gasteiger charge is 2.22. The van der Waals surface area contributed by atoms with Crippen LogP contribution in [-0.4, -0.2) is 29.1 Å². The minimum Gasteiger partial charge on any atom is -0.351 e. The maximum Gasteiger partial charge on any atom is 0.288 e. The smallest absolute Gasteiger partial charge is 0.288 e. The number of thioether (sulfide) groups is 1. The highest BCUT2D eigenvalue weighted by Crippen LogP contribution is 2.30. The van der Waals surface area contributed by atoms with Crippen molar-refractivity contribution in [3.8, 4) is 0 Å². The maximum absolute atomic E-state index is 12.6. The molecule has 3 rings (SSSR count). The molecule has 2 heterocycles. The van der Waals surface area contributed by atoms with Crippen molar-refractivity contribution in [2.75, 3.05) is 11.9 Å². The molecule has 0 saturated carbocycles. The van der Waals surface area contributed by atoms with E-state index >= 15 is 0 Å². The zero-order valence-corrected chi connectivity index (χ0v) is 14.0. The molecule has 126 valence electrons. The Labute approximate surface area is 144 Å². The average Bonchev–Trinajstić information content (AvgIpc) is 2.86. The van der Waals surface area contributed by atoms with Gasteiger partial charge in [-0.05, 0) is 25.0 Å². The van der Waals surface area contributed by atoms with Gasteiger partial charge in [0, 0.05) is 11.4 Å². The van der Waals surface area contributed by atoms with Gasteiger partial charge in [0.1, 0.15) is 4.88 Å². The van der Waals surface area contributed by atoms with Crippen LogP contribution in [0.1, 0.15) is 32.1 Å². The van der Waals surface area contributed by atoms with Crippen molar-refractivity contribution < 1.29 is 18.4 Å². The topological polar surface area (TPSA) is 71.1 Å². The molecule has 0 unspecified atom stereocenters. The Kier molecular flexibility index (Phi) is 5.10. The molecule has 0 aliphatic carbocycles. The quantitative estimate of drug-likeness (QED) is 0.811. The number of carbonyl (C=O) groups excluding carboxylic acids is 2. The number of fused-ring (bicyclic) bond motifs is 1. The number of thiazole rings is 1. The molecule has 2 amide bonds. The summed E-state index contributed by atoms with van der Waals surface area (Å²) in [6, 6.07) is 6.15. The first-order valence-corrected chi connectivity index (χ1v) is 8.87. The van der Waals surface area contributed by atoms with Gasteiger partial charge in [-0.3, -0.25) is 14.9 Å². The van der Waals surface area contributed by atoms with Gasteiger partial charge in [-0.15, -0.1) is 0 Å². The van der Waals surface area contributed by atoms with E-state index in [-0.39, 0.29) is 16.4 Å². The number of anilines is 1. The van der Waals surface area contributed by atoms with Crippen molar-refractivity contribution in [2.24, 2.45) is 0 Å². The van der Waals surface area contributed by atoms with Gasteiger partial charge in [0.05, 0.1) is 11.3 Å². The van der Waals surface area contributed by atoms with Gasteiger partial charge in [-0.25, -0.2) is 4.98 Å². The van der Waals surface area contributed by atoms with Crippen LogP contribution >= 0.6 is 23.1 Å². The first-order chi connectivity index (χ1) is 11.5. The second-order valence-corrected chi connectivity index (χ2v) is 7.01. The number of aromatic nitrogens is 1. The van der Waals surface area contributed by atoms with Gasteiger partial charge >= 0.3 is 0 Å². The summed E-state index contributed by atoms with van der Waals surface area (Å²) in [5.41, 5.74) is 0.804. The second-order valence-electron chi connectivity index (χ2n) is 4.98. The van der Waals surface area contributed by atoms with E-state index in [9.17, 15) is 18.4 Å². The maximum atomic E-state index is 12.6. The van der Waals surface area contributed by atoms with Gasteiger partial charge in [0.15, 0.2) is 5.13 Å². The van der Waals surface area contributed by atoms with Gasteiger partial charge in [0.25, 0.3) is 17.6 Å². The molecule has 1 aromatic carbocycles. The molecule has 0 bridgehead atoms. The highest BCUT2D eigenvalue weighted by molar-refractivity contribution is 7.99. The molecule has 2 aromatic rings. The lowest BCUT2D eigenvalue weighted by atomic mass is 10.2. The molecular formula is C15H13F2N3O2S2. The SMILES string of the molecule is O=C(Nc1nc2c(s1)C(=O)NCCC2)c1ccccc1SC(F)F. The van der Waals surface area contributed by atoms with Crippen LogP contribution in [0.4, 0.5) is 13.9 Å². The third kappa shape index (κ3) is 3.73. The van der Waals surface area contributed by atoms with Crippen LogP contribution in [0.15, 0.2) is 29.2 Å². The Morgan fingerprint density at radius 2 is 2.17 bits per heavy atom. The lowest BCUT2D eigenvalue weighted by molar-refractivity contribution is 0.0958. The van der Waals surface area contributed by atoms with E-state index in [4.69, 9.17) is 0 Å². The molecule has 5 nitrogen and oxygen atoms in total. The Hall–Kier alpha value is -2.00. The molecular weight excluding hydrogens is 356 g/mol. The summed E-state index contributed by atoms with van der Waals surface area (Å²) in [4.78, 5) is 29.3. The summed E-state index contributed by atoms with van der Waals surface area (Å²) < 4.78 is 25.2.